The van der Waals surface area contributed by atoms with Crippen molar-refractivity contribution in [1.29, 1.82) is 0 Å². The molecule has 0 unspecified atom stereocenters. The number of esters is 3. The van der Waals surface area contributed by atoms with Gasteiger partial charge in [-0.3, -0.25) is 14.4 Å². The Balaban J connectivity index is 3.01. The number of ether oxygens (including phenoxy) is 4. The van der Waals surface area contributed by atoms with Crippen LogP contribution in [0.15, 0.2) is 0 Å². The number of hydrogen-bond donors (Lipinski definition) is 1. The highest BCUT2D eigenvalue weighted by Gasteiger charge is 2.49. The maximum absolute atomic E-state index is 11.2. The fraction of sp³-hybridized carbons (Fsp3) is 0.750. The molecular formula is C12H18O7S. The lowest BCUT2D eigenvalue weighted by molar-refractivity contribution is -0.228. The van der Waals surface area contributed by atoms with Gasteiger partial charge in [0.05, 0.1) is 6.10 Å². The molecule has 0 aromatic rings. The fourth-order valence-electron chi connectivity index (χ4n) is 1.99. The molecule has 1 fully saturated rings. The zero-order valence-corrected chi connectivity index (χ0v) is 12.6. The molecule has 20 heavy (non-hydrogen) atoms. The van der Waals surface area contributed by atoms with E-state index in [1.807, 2.05) is 0 Å². The highest BCUT2D eigenvalue weighted by molar-refractivity contribution is 7.80. The monoisotopic (exact) mass is 306 g/mol. The van der Waals surface area contributed by atoms with Crippen LogP contribution < -0.4 is 0 Å². The minimum Gasteiger partial charge on any atom is -0.456 e. The van der Waals surface area contributed by atoms with Gasteiger partial charge in [-0.25, -0.2) is 0 Å². The summed E-state index contributed by atoms with van der Waals surface area (Å²) in [4.78, 5) is 33.5. The normalized spacial score (nSPS) is 33.1. The Morgan fingerprint density at radius 2 is 1.25 bits per heavy atom. The molecule has 114 valence electrons. The summed E-state index contributed by atoms with van der Waals surface area (Å²) in [6.07, 6.45) is -3.35. The molecule has 0 aliphatic carbocycles. The van der Waals surface area contributed by atoms with Crippen LogP contribution in [0.3, 0.4) is 0 Å². The second-order valence-corrected chi connectivity index (χ2v) is 4.96. The SMILES string of the molecule is CC(=O)O[C@@H]1[C@H](OC(C)=O)[C@H](C)O[C@@H](S)[C@H]1OC(C)=O. The first-order valence-electron chi connectivity index (χ1n) is 6.07. The second kappa shape index (κ2) is 6.94. The summed E-state index contributed by atoms with van der Waals surface area (Å²) < 4.78 is 20.8. The molecule has 5 atom stereocenters. The van der Waals surface area contributed by atoms with Gasteiger partial charge >= 0.3 is 17.9 Å². The first-order valence-corrected chi connectivity index (χ1v) is 6.59. The zero-order chi connectivity index (χ0) is 15.4. The molecule has 1 heterocycles. The van der Waals surface area contributed by atoms with Crippen molar-refractivity contribution < 1.29 is 33.3 Å². The van der Waals surface area contributed by atoms with Gasteiger partial charge in [0.2, 0.25) is 0 Å². The van der Waals surface area contributed by atoms with Crippen LogP contribution in [0.25, 0.3) is 0 Å². The van der Waals surface area contributed by atoms with Gasteiger partial charge in [-0.2, -0.15) is 0 Å². The van der Waals surface area contributed by atoms with Gasteiger partial charge in [0.15, 0.2) is 18.3 Å². The summed E-state index contributed by atoms with van der Waals surface area (Å²) in [7, 11) is 0. The molecule has 1 rings (SSSR count). The molecule has 0 amide bonds. The molecule has 0 radical (unpaired) electrons. The molecule has 1 aliphatic rings. The summed E-state index contributed by atoms with van der Waals surface area (Å²) in [5.74, 6) is -1.72. The minimum absolute atomic E-state index is 0.554. The van der Waals surface area contributed by atoms with Crippen LogP contribution >= 0.6 is 12.6 Å². The Labute approximate surface area is 122 Å². The number of rotatable bonds is 3. The topological polar surface area (TPSA) is 88.1 Å². The summed E-state index contributed by atoms with van der Waals surface area (Å²) in [6, 6.07) is 0. The third-order valence-electron chi connectivity index (χ3n) is 2.65. The van der Waals surface area contributed by atoms with Crippen LogP contribution in [-0.2, 0) is 33.3 Å². The van der Waals surface area contributed by atoms with Crippen LogP contribution in [0, 0.1) is 0 Å². The Morgan fingerprint density at radius 3 is 1.70 bits per heavy atom. The van der Waals surface area contributed by atoms with Gasteiger partial charge in [-0.15, -0.1) is 12.6 Å². The third-order valence-corrected chi connectivity index (χ3v) is 3.07. The van der Waals surface area contributed by atoms with Crippen molar-refractivity contribution in [3.05, 3.63) is 0 Å². The van der Waals surface area contributed by atoms with Crippen LogP contribution in [0.5, 0.6) is 0 Å². The Kier molecular flexibility index (Phi) is 5.82. The van der Waals surface area contributed by atoms with Crippen molar-refractivity contribution in [3.8, 4) is 0 Å². The quantitative estimate of drug-likeness (QED) is 0.460. The molecule has 8 heteroatoms. The smallest absolute Gasteiger partial charge is 0.303 e. The number of thiol groups is 1. The highest BCUT2D eigenvalue weighted by Crippen LogP contribution is 2.29. The molecule has 0 aromatic heterocycles. The lowest BCUT2D eigenvalue weighted by Crippen LogP contribution is -2.59. The molecule has 0 aromatic carbocycles. The summed E-state index contributed by atoms with van der Waals surface area (Å²) >= 11 is 4.17. The van der Waals surface area contributed by atoms with Crippen molar-refractivity contribution in [2.45, 2.75) is 57.5 Å². The van der Waals surface area contributed by atoms with E-state index in [4.69, 9.17) is 18.9 Å². The van der Waals surface area contributed by atoms with E-state index in [9.17, 15) is 14.4 Å². The predicted molar refractivity (Wildman–Crippen MR) is 70.0 cm³/mol. The van der Waals surface area contributed by atoms with Gasteiger partial charge in [0.1, 0.15) is 5.44 Å². The van der Waals surface area contributed by atoms with Crippen LogP contribution in [-0.4, -0.2) is 47.8 Å². The molecular weight excluding hydrogens is 288 g/mol. The maximum Gasteiger partial charge on any atom is 0.303 e. The molecule has 1 aliphatic heterocycles. The van der Waals surface area contributed by atoms with E-state index in [0.29, 0.717) is 0 Å². The number of carbonyl (C=O) groups excluding carboxylic acids is 3. The van der Waals surface area contributed by atoms with Crippen molar-refractivity contribution >= 4 is 30.5 Å². The lowest BCUT2D eigenvalue weighted by Gasteiger charge is -2.42. The standard InChI is InChI=1S/C12H18O7S/c1-5-9(17-6(2)13)10(18-7(3)14)11(12(20)16-5)19-8(4)15/h5,9-12,20H,1-4H3/t5-,9+,10+,11-,12-/m0/s1. The van der Waals surface area contributed by atoms with Crippen molar-refractivity contribution in [2.75, 3.05) is 0 Å². The Morgan fingerprint density at radius 1 is 0.850 bits per heavy atom. The maximum atomic E-state index is 11.2. The minimum atomic E-state index is -0.966. The summed E-state index contributed by atoms with van der Waals surface area (Å²) in [5.41, 5.74) is -0.787. The van der Waals surface area contributed by atoms with Gasteiger partial charge < -0.3 is 18.9 Å². The van der Waals surface area contributed by atoms with E-state index in [2.05, 4.69) is 12.6 Å². The average Bonchev–Trinajstić information content (AvgIpc) is 2.27. The number of hydrogen-bond acceptors (Lipinski definition) is 8. The van der Waals surface area contributed by atoms with Crippen LogP contribution in [0.4, 0.5) is 0 Å². The average molecular weight is 306 g/mol. The van der Waals surface area contributed by atoms with E-state index in [0.717, 1.165) is 0 Å². The van der Waals surface area contributed by atoms with Gasteiger partial charge in [0, 0.05) is 20.8 Å². The third kappa shape index (κ3) is 4.38. The summed E-state index contributed by atoms with van der Waals surface area (Å²) in [6.45, 7) is 5.30. The zero-order valence-electron chi connectivity index (χ0n) is 11.7. The fourth-order valence-corrected chi connectivity index (χ4v) is 2.41. The first-order chi connectivity index (χ1) is 9.22. The predicted octanol–water partition coefficient (Wildman–Crippen LogP) is 0.456. The van der Waals surface area contributed by atoms with Crippen molar-refractivity contribution in [3.63, 3.8) is 0 Å². The van der Waals surface area contributed by atoms with Gasteiger partial charge in [0.25, 0.3) is 0 Å². The van der Waals surface area contributed by atoms with E-state index in [1.54, 1.807) is 6.92 Å². The van der Waals surface area contributed by atoms with Crippen molar-refractivity contribution in [1.82, 2.24) is 0 Å². The van der Waals surface area contributed by atoms with E-state index >= 15 is 0 Å². The van der Waals surface area contributed by atoms with Crippen LogP contribution in [0.2, 0.25) is 0 Å². The molecule has 0 N–H and O–H groups in total. The Bertz CT molecular complexity index is 369. The van der Waals surface area contributed by atoms with Crippen molar-refractivity contribution in [2.24, 2.45) is 0 Å². The van der Waals surface area contributed by atoms with Gasteiger partial charge in [-0.1, -0.05) is 0 Å². The largest absolute Gasteiger partial charge is 0.456 e. The second-order valence-electron chi connectivity index (χ2n) is 4.45. The van der Waals surface area contributed by atoms with E-state index in [-0.39, 0.29) is 0 Å². The van der Waals surface area contributed by atoms with Gasteiger partial charge in [-0.05, 0) is 6.92 Å². The Hall–Kier alpha value is -1.28. The summed E-state index contributed by atoms with van der Waals surface area (Å²) in [5, 5.41) is 0. The number of carbonyl (C=O) groups is 3. The molecule has 0 saturated carbocycles. The first kappa shape index (κ1) is 16.8. The molecule has 0 spiro atoms. The molecule has 7 nitrogen and oxygen atoms in total. The molecule has 1 saturated heterocycles. The van der Waals surface area contributed by atoms with Crippen LogP contribution in [0.1, 0.15) is 27.7 Å². The highest BCUT2D eigenvalue weighted by atomic mass is 32.1. The lowest BCUT2D eigenvalue weighted by atomic mass is 10.00. The molecule has 0 bridgehead atoms. The van der Waals surface area contributed by atoms with E-state index in [1.165, 1.54) is 20.8 Å². The van der Waals surface area contributed by atoms with E-state index < -0.39 is 47.8 Å².